The monoisotopic (exact) mass is 282 g/mol. The van der Waals surface area contributed by atoms with E-state index in [0.717, 1.165) is 25.3 Å². The molecule has 0 spiro atoms. The molecule has 1 atom stereocenters. The van der Waals surface area contributed by atoms with Gasteiger partial charge < -0.3 is 15.0 Å². The highest BCUT2D eigenvalue weighted by atomic mass is 16.5. The summed E-state index contributed by atoms with van der Waals surface area (Å²) in [7, 11) is 3.85. The van der Waals surface area contributed by atoms with Crippen molar-refractivity contribution in [3.8, 4) is 5.75 Å². The molecular weight excluding hydrogens is 260 g/mol. The van der Waals surface area contributed by atoms with E-state index in [0.29, 0.717) is 5.92 Å². The van der Waals surface area contributed by atoms with Crippen LogP contribution in [0.4, 0.5) is 11.4 Å². The average Bonchev–Trinajstić information content (AvgIpc) is 2.55. The molecule has 0 amide bonds. The maximum atomic E-state index is 5.21. The average molecular weight is 282 g/mol. The van der Waals surface area contributed by atoms with Crippen LogP contribution in [0.5, 0.6) is 5.75 Å². The fraction of sp³-hybridized carbons (Fsp3) is 0.333. The Bertz CT molecular complexity index is 594. The molecule has 0 bridgehead atoms. The normalized spacial score (nSPS) is 16.8. The molecule has 0 aromatic heterocycles. The molecule has 2 aromatic carbocycles. The quantitative estimate of drug-likeness (QED) is 0.930. The highest BCUT2D eigenvalue weighted by Gasteiger charge is 2.19. The predicted octanol–water partition coefficient (Wildman–Crippen LogP) is 3.42. The molecule has 0 fully saturated rings. The van der Waals surface area contributed by atoms with Crippen LogP contribution in [0.2, 0.25) is 0 Å². The van der Waals surface area contributed by atoms with Crippen molar-refractivity contribution < 1.29 is 4.74 Å². The summed E-state index contributed by atoms with van der Waals surface area (Å²) in [5.41, 5.74) is 3.95. The minimum atomic E-state index is 0.631. The van der Waals surface area contributed by atoms with Crippen molar-refractivity contribution in [1.29, 1.82) is 0 Å². The molecule has 2 aromatic rings. The second-order valence-corrected chi connectivity index (χ2v) is 5.69. The first-order chi connectivity index (χ1) is 10.3. The summed E-state index contributed by atoms with van der Waals surface area (Å²) in [6.45, 7) is 2.09. The van der Waals surface area contributed by atoms with Crippen LogP contribution < -0.4 is 15.0 Å². The number of benzene rings is 2. The maximum Gasteiger partial charge on any atom is 0.119 e. The van der Waals surface area contributed by atoms with Gasteiger partial charge in [-0.25, -0.2) is 0 Å². The number of ether oxygens (including phenoxy) is 1. The van der Waals surface area contributed by atoms with E-state index in [1.54, 1.807) is 7.11 Å². The lowest BCUT2D eigenvalue weighted by Gasteiger charge is -2.30. The van der Waals surface area contributed by atoms with Gasteiger partial charge in [-0.2, -0.15) is 0 Å². The van der Waals surface area contributed by atoms with Gasteiger partial charge in [-0.1, -0.05) is 18.2 Å². The van der Waals surface area contributed by atoms with Crippen LogP contribution in [0.25, 0.3) is 0 Å². The van der Waals surface area contributed by atoms with Crippen LogP contribution in [0.3, 0.4) is 0 Å². The highest BCUT2D eigenvalue weighted by molar-refractivity contribution is 5.54. The highest BCUT2D eigenvalue weighted by Crippen LogP contribution is 2.26. The minimum absolute atomic E-state index is 0.631. The number of nitrogens with zero attached hydrogens (tertiary/aromatic N) is 1. The fourth-order valence-electron chi connectivity index (χ4n) is 2.97. The summed E-state index contributed by atoms with van der Waals surface area (Å²) >= 11 is 0. The number of rotatable bonds is 4. The Morgan fingerprint density at radius 3 is 2.67 bits per heavy atom. The number of hydrogen-bond donors (Lipinski definition) is 1. The van der Waals surface area contributed by atoms with Gasteiger partial charge in [0.05, 0.1) is 7.11 Å². The number of methoxy groups -OCH3 is 1. The van der Waals surface area contributed by atoms with Gasteiger partial charge >= 0.3 is 0 Å². The Morgan fingerprint density at radius 2 is 1.90 bits per heavy atom. The minimum Gasteiger partial charge on any atom is -0.497 e. The Kier molecular flexibility index (Phi) is 4.00. The molecule has 21 heavy (non-hydrogen) atoms. The summed E-state index contributed by atoms with van der Waals surface area (Å²) in [6.07, 6.45) is 1.14. The molecule has 1 N–H and O–H groups in total. The third-order valence-corrected chi connectivity index (χ3v) is 4.15. The molecule has 3 heteroatoms. The van der Waals surface area contributed by atoms with Crippen LogP contribution in [0.1, 0.15) is 5.56 Å². The molecule has 0 saturated carbocycles. The molecule has 1 aliphatic rings. The molecule has 1 aliphatic heterocycles. The number of para-hydroxylation sites is 1. The topological polar surface area (TPSA) is 24.5 Å². The van der Waals surface area contributed by atoms with Crippen molar-refractivity contribution in [3.05, 3.63) is 54.1 Å². The van der Waals surface area contributed by atoms with Gasteiger partial charge in [-0.3, -0.25) is 0 Å². The Hall–Kier alpha value is -2.16. The number of anilines is 2. The molecule has 3 rings (SSSR count). The zero-order valence-electron chi connectivity index (χ0n) is 12.7. The van der Waals surface area contributed by atoms with Crippen LogP contribution in [-0.2, 0) is 6.42 Å². The fourth-order valence-corrected chi connectivity index (χ4v) is 2.97. The molecule has 3 nitrogen and oxygen atoms in total. The van der Waals surface area contributed by atoms with Gasteiger partial charge in [-0.15, -0.1) is 0 Å². The van der Waals surface area contributed by atoms with Crippen molar-refractivity contribution >= 4 is 11.4 Å². The van der Waals surface area contributed by atoms with E-state index in [2.05, 4.69) is 53.7 Å². The SMILES string of the molecule is COc1ccc(N(C)CC2CNc3ccccc3C2)cc1. The van der Waals surface area contributed by atoms with Gasteiger partial charge in [0.25, 0.3) is 0 Å². The summed E-state index contributed by atoms with van der Waals surface area (Å²) < 4.78 is 5.21. The first kappa shape index (κ1) is 13.8. The van der Waals surface area contributed by atoms with Crippen molar-refractivity contribution in [2.24, 2.45) is 5.92 Å². The van der Waals surface area contributed by atoms with E-state index in [1.165, 1.54) is 16.9 Å². The van der Waals surface area contributed by atoms with E-state index in [4.69, 9.17) is 4.74 Å². The zero-order chi connectivity index (χ0) is 14.7. The Morgan fingerprint density at radius 1 is 1.14 bits per heavy atom. The summed E-state index contributed by atoms with van der Waals surface area (Å²) in [6, 6.07) is 16.9. The number of nitrogens with one attached hydrogen (secondary N) is 1. The number of fused-ring (bicyclic) bond motifs is 1. The van der Waals surface area contributed by atoms with Gasteiger partial charge in [-0.05, 0) is 48.2 Å². The van der Waals surface area contributed by atoms with E-state index >= 15 is 0 Å². The third-order valence-electron chi connectivity index (χ3n) is 4.15. The van der Waals surface area contributed by atoms with E-state index in [1.807, 2.05) is 12.1 Å². The van der Waals surface area contributed by atoms with Crippen molar-refractivity contribution in [3.63, 3.8) is 0 Å². The van der Waals surface area contributed by atoms with Crippen LogP contribution in [-0.4, -0.2) is 27.2 Å². The van der Waals surface area contributed by atoms with Gasteiger partial charge in [0.2, 0.25) is 0 Å². The molecule has 110 valence electrons. The van der Waals surface area contributed by atoms with Gasteiger partial charge in [0.1, 0.15) is 5.75 Å². The molecule has 1 heterocycles. The lowest BCUT2D eigenvalue weighted by atomic mass is 9.93. The second-order valence-electron chi connectivity index (χ2n) is 5.69. The van der Waals surface area contributed by atoms with E-state index < -0.39 is 0 Å². The Labute approximate surface area is 126 Å². The number of hydrogen-bond acceptors (Lipinski definition) is 3. The Balaban J connectivity index is 1.64. The lowest BCUT2D eigenvalue weighted by Crippen LogP contribution is -2.33. The summed E-state index contributed by atoms with van der Waals surface area (Å²) in [5, 5.41) is 3.54. The van der Waals surface area contributed by atoms with Crippen LogP contribution in [0.15, 0.2) is 48.5 Å². The molecular formula is C18H22N2O. The largest absolute Gasteiger partial charge is 0.497 e. The molecule has 0 aliphatic carbocycles. The second kappa shape index (κ2) is 6.08. The molecule has 0 radical (unpaired) electrons. The smallest absolute Gasteiger partial charge is 0.119 e. The first-order valence-corrected chi connectivity index (χ1v) is 7.43. The summed E-state index contributed by atoms with van der Waals surface area (Å²) in [5.74, 6) is 1.53. The maximum absolute atomic E-state index is 5.21. The molecule has 1 unspecified atom stereocenters. The van der Waals surface area contributed by atoms with Crippen LogP contribution >= 0.6 is 0 Å². The van der Waals surface area contributed by atoms with E-state index in [-0.39, 0.29) is 0 Å². The third kappa shape index (κ3) is 3.13. The van der Waals surface area contributed by atoms with Gasteiger partial charge in [0.15, 0.2) is 0 Å². The van der Waals surface area contributed by atoms with Crippen molar-refractivity contribution in [1.82, 2.24) is 0 Å². The van der Waals surface area contributed by atoms with Crippen molar-refractivity contribution in [2.45, 2.75) is 6.42 Å². The zero-order valence-corrected chi connectivity index (χ0v) is 12.7. The van der Waals surface area contributed by atoms with E-state index in [9.17, 15) is 0 Å². The molecule has 0 saturated heterocycles. The van der Waals surface area contributed by atoms with Crippen LogP contribution in [0, 0.1) is 5.92 Å². The van der Waals surface area contributed by atoms with Crippen molar-refractivity contribution in [2.75, 3.05) is 37.5 Å². The van der Waals surface area contributed by atoms with Gasteiger partial charge in [0, 0.05) is 31.5 Å². The summed E-state index contributed by atoms with van der Waals surface area (Å²) in [4.78, 5) is 2.32. The standard InChI is InChI=1S/C18H22N2O/c1-20(16-7-9-17(21-2)10-8-16)13-14-11-15-5-3-4-6-18(15)19-12-14/h3-10,14,19H,11-13H2,1-2H3. The first-order valence-electron chi connectivity index (χ1n) is 7.43. The lowest BCUT2D eigenvalue weighted by molar-refractivity contribution is 0.415. The predicted molar refractivity (Wildman–Crippen MR) is 88.4 cm³/mol.